The van der Waals surface area contributed by atoms with Crippen molar-refractivity contribution < 1.29 is 23.7 Å². The van der Waals surface area contributed by atoms with E-state index in [0.29, 0.717) is 13.2 Å². The monoisotopic (exact) mass is 364 g/mol. The molecule has 0 aromatic carbocycles. The maximum absolute atomic E-state index is 5.94. The van der Waals surface area contributed by atoms with Crippen molar-refractivity contribution in [2.75, 3.05) is 81.6 Å². The molecule has 0 aromatic heterocycles. The highest BCUT2D eigenvalue weighted by Gasteiger charge is 2.48. The largest absolute Gasteiger partial charge is 0.383 e. The van der Waals surface area contributed by atoms with Crippen LogP contribution in [0.15, 0.2) is 0 Å². The van der Waals surface area contributed by atoms with E-state index in [2.05, 4.69) is 9.80 Å². The highest BCUT2D eigenvalue weighted by atomic mass is 28.1. The molecule has 1 unspecified atom stereocenters. The predicted molar refractivity (Wildman–Crippen MR) is 97.5 cm³/mol. The molecule has 1 saturated heterocycles. The molecule has 24 heavy (non-hydrogen) atoms. The van der Waals surface area contributed by atoms with Crippen molar-refractivity contribution in [2.45, 2.75) is 17.9 Å². The summed E-state index contributed by atoms with van der Waals surface area (Å²) in [6, 6.07) is 0.963. The van der Waals surface area contributed by atoms with Crippen molar-refractivity contribution in [3.63, 3.8) is 0 Å². The van der Waals surface area contributed by atoms with Crippen molar-refractivity contribution in [3.8, 4) is 0 Å². The Balaban J connectivity index is 2.96. The van der Waals surface area contributed by atoms with Crippen molar-refractivity contribution >= 4 is 10.2 Å². The van der Waals surface area contributed by atoms with Crippen LogP contribution in [0.2, 0.25) is 6.04 Å². The van der Waals surface area contributed by atoms with Crippen LogP contribution in [-0.4, -0.2) is 114 Å². The average Bonchev–Trinajstić information content (AvgIpc) is 2.62. The molecule has 1 fully saturated rings. The van der Waals surface area contributed by atoms with E-state index < -0.39 is 5.79 Å². The van der Waals surface area contributed by atoms with Gasteiger partial charge in [0, 0.05) is 77.9 Å². The third-order valence-corrected chi connectivity index (χ3v) is 5.63. The maximum Gasteiger partial charge on any atom is 0.199 e. The smallest absolute Gasteiger partial charge is 0.199 e. The summed E-state index contributed by atoms with van der Waals surface area (Å²) >= 11 is 0. The minimum absolute atomic E-state index is 0.0594. The molecule has 0 saturated carbocycles. The van der Waals surface area contributed by atoms with Crippen LogP contribution in [0.1, 0.15) is 0 Å². The second-order valence-electron chi connectivity index (χ2n) is 6.24. The third-order valence-electron chi connectivity index (χ3n) is 4.89. The Bertz CT molecular complexity index is 314. The standard InChI is InChI=1S/C16H36N2O5Si/c1-19-8-6-17-10-14(11-18(13-17)7-9-20-2)16(22-4,23-5)15(12-24)21-3/h14-15H,6-13H2,1-5,24H3. The van der Waals surface area contributed by atoms with E-state index in [4.69, 9.17) is 23.7 Å². The Kier molecular flexibility index (Phi) is 10.6. The molecule has 8 heteroatoms. The van der Waals surface area contributed by atoms with Gasteiger partial charge in [-0.1, -0.05) is 0 Å². The van der Waals surface area contributed by atoms with Crippen LogP contribution in [0.3, 0.4) is 0 Å². The summed E-state index contributed by atoms with van der Waals surface area (Å²) in [7, 11) is 9.69. The van der Waals surface area contributed by atoms with Crippen LogP contribution >= 0.6 is 0 Å². The lowest BCUT2D eigenvalue weighted by molar-refractivity contribution is -0.297. The fraction of sp³-hybridized carbons (Fsp3) is 1.00. The molecule has 7 nitrogen and oxygen atoms in total. The molecule has 144 valence electrons. The second kappa shape index (κ2) is 11.5. The molecule has 1 aliphatic rings. The van der Waals surface area contributed by atoms with Gasteiger partial charge in [0.1, 0.15) is 6.10 Å². The minimum atomic E-state index is -0.729. The van der Waals surface area contributed by atoms with Gasteiger partial charge in [-0.3, -0.25) is 9.80 Å². The minimum Gasteiger partial charge on any atom is -0.383 e. The van der Waals surface area contributed by atoms with Gasteiger partial charge >= 0.3 is 0 Å². The van der Waals surface area contributed by atoms with Crippen molar-refractivity contribution in [1.29, 1.82) is 0 Å². The van der Waals surface area contributed by atoms with Gasteiger partial charge in [0.15, 0.2) is 5.79 Å². The Hall–Kier alpha value is -0.0631. The molecule has 0 N–H and O–H groups in total. The molecule has 0 bridgehead atoms. The van der Waals surface area contributed by atoms with E-state index in [9.17, 15) is 0 Å². The first kappa shape index (κ1) is 22.0. The summed E-state index contributed by atoms with van der Waals surface area (Å²) in [5.41, 5.74) is 0. The molecule has 0 spiro atoms. The van der Waals surface area contributed by atoms with Crippen LogP contribution in [-0.2, 0) is 23.7 Å². The van der Waals surface area contributed by atoms with Crippen LogP contribution in [0.25, 0.3) is 0 Å². The molecule has 0 aliphatic carbocycles. The number of hydrogen-bond donors (Lipinski definition) is 0. The maximum atomic E-state index is 5.94. The zero-order valence-electron chi connectivity index (χ0n) is 16.2. The molecule has 0 radical (unpaired) electrons. The number of nitrogens with zero attached hydrogens (tertiary/aromatic N) is 2. The molecule has 1 heterocycles. The van der Waals surface area contributed by atoms with Gasteiger partial charge < -0.3 is 23.7 Å². The Morgan fingerprint density at radius 1 is 0.958 bits per heavy atom. The second-order valence-corrected chi connectivity index (χ2v) is 7.06. The van der Waals surface area contributed by atoms with Crippen LogP contribution < -0.4 is 0 Å². The number of methoxy groups -OCH3 is 5. The SMILES string of the molecule is COCCN1CC(C(OC)(OC)C(C[SiH3])OC)CN(CCOC)C1. The zero-order valence-corrected chi connectivity index (χ0v) is 18.2. The fourth-order valence-electron chi connectivity index (χ4n) is 3.66. The third kappa shape index (κ3) is 5.47. The zero-order chi connectivity index (χ0) is 18.0. The lowest BCUT2D eigenvalue weighted by Gasteiger charge is -2.49. The van der Waals surface area contributed by atoms with Crippen LogP contribution in [0.5, 0.6) is 0 Å². The first-order chi connectivity index (χ1) is 11.6. The number of rotatable bonds is 12. The van der Waals surface area contributed by atoms with Crippen molar-refractivity contribution in [3.05, 3.63) is 0 Å². The lowest BCUT2D eigenvalue weighted by atomic mass is 9.90. The first-order valence-corrected chi connectivity index (χ1v) is 10.1. The highest BCUT2D eigenvalue weighted by Crippen LogP contribution is 2.33. The molecular weight excluding hydrogens is 328 g/mol. The van der Waals surface area contributed by atoms with Gasteiger partial charge in [0.25, 0.3) is 0 Å². The average molecular weight is 365 g/mol. The van der Waals surface area contributed by atoms with E-state index in [0.717, 1.165) is 49.1 Å². The summed E-state index contributed by atoms with van der Waals surface area (Å²) in [5.74, 6) is -0.540. The summed E-state index contributed by atoms with van der Waals surface area (Å²) < 4.78 is 28.1. The summed E-state index contributed by atoms with van der Waals surface area (Å²) in [6.07, 6.45) is -0.0594. The first-order valence-electron chi connectivity index (χ1n) is 8.67. The Morgan fingerprint density at radius 3 is 1.79 bits per heavy atom. The summed E-state index contributed by atoms with van der Waals surface area (Å²) in [5, 5.41) is 0. The van der Waals surface area contributed by atoms with E-state index in [1.807, 2.05) is 0 Å². The van der Waals surface area contributed by atoms with Crippen molar-refractivity contribution in [1.82, 2.24) is 9.80 Å². The van der Waals surface area contributed by atoms with Gasteiger partial charge in [-0.15, -0.1) is 0 Å². The van der Waals surface area contributed by atoms with E-state index in [-0.39, 0.29) is 12.0 Å². The van der Waals surface area contributed by atoms with E-state index >= 15 is 0 Å². The molecule has 1 atom stereocenters. The molecule has 1 aliphatic heterocycles. The molecular formula is C16H36N2O5Si. The fourth-order valence-corrected chi connectivity index (χ4v) is 4.56. The summed E-state index contributed by atoms with van der Waals surface area (Å²) in [6.45, 7) is 5.91. The van der Waals surface area contributed by atoms with E-state index in [1.54, 1.807) is 35.5 Å². The number of hydrogen-bond acceptors (Lipinski definition) is 7. The Labute approximate surface area is 149 Å². The van der Waals surface area contributed by atoms with E-state index in [1.165, 1.54) is 0 Å². The molecule has 1 rings (SSSR count). The normalized spacial score (nSPS) is 19.9. The van der Waals surface area contributed by atoms with Crippen molar-refractivity contribution in [2.24, 2.45) is 5.92 Å². The molecule has 0 amide bonds. The van der Waals surface area contributed by atoms with Gasteiger partial charge in [-0.05, 0) is 6.04 Å². The highest BCUT2D eigenvalue weighted by molar-refractivity contribution is 6.08. The number of ether oxygens (including phenoxy) is 5. The topological polar surface area (TPSA) is 52.6 Å². The van der Waals surface area contributed by atoms with Crippen LogP contribution in [0, 0.1) is 5.92 Å². The van der Waals surface area contributed by atoms with Gasteiger partial charge in [0.05, 0.1) is 19.9 Å². The quantitative estimate of drug-likeness (QED) is 0.334. The Morgan fingerprint density at radius 2 is 1.46 bits per heavy atom. The van der Waals surface area contributed by atoms with Crippen LogP contribution in [0.4, 0.5) is 0 Å². The van der Waals surface area contributed by atoms with Gasteiger partial charge in [-0.2, -0.15) is 0 Å². The lowest BCUT2D eigenvalue weighted by Crippen LogP contribution is -2.63. The molecule has 0 aromatic rings. The van der Waals surface area contributed by atoms with Gasteiger partial charge in [0.2, 0.25) is 0 Å². The predicted octanol–water partition coefficient (Wildman–Crippen LogP) is -0.742. The summed E-state index contributed by atoms with van der Waals surface area (Å²) in [4.78, 5) is 4.78. The van der Waals surface area contributed by atoms with Gasteiger partial charge in [-0.25, -0.2) is 0 Å².